The first-order valence-corrected chi connectivity index (χ1v) is 6.59. The molecule has 0 aliphatic heterocycles. The number of esters is 1. The van der Waals surface area contributed by atoms with E-state index in [4.69, 9.17) is 10.00 Å². The number of nitriles is 1. The van der Waals surface area contributed by atoms with Crippen LogP contribution in [0, 0.1) is 11.3 Å². The van der Waals surface area contributed by atoms with Crippen molar-refractivity contribution >= 4 is 11.6 Å². The summed E-state index contributed by atoms with van der Waals surface area (Å²) in [6.45, 7) is 2.61. The normalized spacial score (nSPS) is 10.6. The summed E-state index contributed by atoms with van der Waals surface area (Å²) >= 11 is 0. The highest BCUT2D eigenvalue weighted by Crippen LogP contribution is 2.21. The van der Waals surface area contributed by atoms with Gasteiger partial charge in [0.15, 0.2) is 11.3 Å². The van der Waals surface area contributed by atoms with Crippen molar-refractivity contribution in [2.75, 3.05) is 7.11 Å². The van der Waals surface area contributed by atoms with Gasteiger partial charge in [-0.15, -0.1) is 0 Å². The monoisotopic (exact) mass is 296 g/mol. The molecule has 0 saturated carbocycles. The van der Waals surface area contributed by atoms with E-state index in [9.17, 15) is 4.79 Å². The Bertz CT molecular complexity index is 902. The van der Waals surface area contributed by atoms with Gasteiger partial charge < -0.3 is 4.74 Å². The minimum atomic E-state index is -0.552. The maximum Gasteiger partial charge on any atom is 0.356 e. The zero-order chi connectivity index (χ0) is 15.7. The van der Waals surface area contributed by atoms with Crippen molar-refractivity contribution in [2.24, 2.45) is 0 Å². The Morgan fingerprint density at radius 2 is 2.27 bits per heavy atom. The number of aromatic nitrogens is 5. The summed E-state index contributed by atoms with van der Waals surface area (Å²) in [5, 5.41) is 17.4. The Morgan fingerprint density at radius 1 is 1.45 bits per heavy atom. The van der Waals surface area contributed by atoms with Crippen molar-refractivity contribution in [1.29, 1.82) is 5.26 Å². The van der Waals surface area contributed by atoms with E-state index in [0.717, 1.165) is 5.69 Å². The highest BCUT2D eigenvalue weighted by atomic mass is 16.5. The van der Waals surface area contributed by atoms with Gasteiger partial charge in [-0.05, 0) is 19.1 Å². The summed E-state index contributed by atoms with van der Waals surface area (Å²) in [5.41, 5.74) is 2.08. The molecular formula is C14H12N6O2. The summed E-state index contributed by atoms with van der Waals surface area (Å²) < 4.78 is 7.84. The van der Waals surface area contributed by atoms with Gasteiger partial charge in [0.05, 0.1) is 24.7 Å². The van der Waals surface area contributed by atoms with Crippen LogP contribution in [0.1, 0.15) is 23.0 Å². The Labute approximate surface area is 125 Å². The van der Waals surface area contributed by atoms with Crippen LogP contribution in [0.2, 0.25) is 0 Å². The van der Waals surface area contributed by atoms with E-state index in [1.165, 1.54) is 17.8 Å². The van der Waals surface area contributed by atoms with Crippen molar-refractivity contribution < 1.29 is 9.53 Å². The summed E-state index contributed by atoms with van der Waals surface area (Å²) in [5.74, 6) is -0.552. The lowest BCUT2D eigenvalue weighted by Gasteiger charge is -2.08. The molecular weight excluding hydrogens is 284 g/mol. The number of ether oxygens (including phenoxy) is 1. The van der Waals surface area contributed by atoms with Crippen LogP contribution in [-0.2, 0) is 11.3 Å². The molecule has 0 N–H and O–H groups in total. The summed E-state index contributed by atoms with van der Waals surface area (Å²) in [6.07, 6.45) is 3.03. The van der Waals surface area contributed by atoms with E-state index in [-0.39, 0.29) is 11.3 Å². The van der Waals surface area contributed by atoms with Gasteiger partial charge in [-0.3, -0.25) is 4.68 Å². The zero-order valence-electron chi connectivity index (χ0n) is 12.0. The van der Waals surface area contributed by atoms with Crippen LogP contribution in [0.4, 0.5) is 0 Å². The lowest BCUT2D eigenvalue weighted by Crippen LogP contribution is -2.11. The summed E-state index contributed by atoms with van der Waals surface area (Å²) in [4.78, 5) is 16.4. The number of methoxy groups -OCH3 is 1. The highest BCUT2D eigenvalue weighted by Gasteiger charge is 2.19. The van der Waals surface area contributed by atoms with Crippen LogP contribution < -0.4 is 0 Å². The first kappa shape index (κ1) is 13.8. The Hall–Kier alpha value is -3.21. The molecule has 0 aliphatic carbocycles. The third kappa shape index (κ3) is 2.00. The summed E-state index contributed by atoms with van der Waals surface area (Å²) in [7, 11) is 1.29. The standard InChI is InChI=1S/C14H12N6O2/c1-3-19-11(4-5-16-19)10-6-12(14(21)22-2)20-13(18-10)9(7-15)8-17-20/h4-6,8H,3H2,1-2H3. The number of carbonyl (C=O) groups excluding carboxylic acids is 1. The number of fused-ring (bicyclic) bond motifs is 1. The van der Waals surface area contributed by atoms with Gasteiger partial charge in [0.25, 0.3) is 0 Å². The maximum atomic E-state index is 12.0. The molecule has 22 heavy (non-hydrogen) atoms. The van der Waals surface area contributed by atoms with Gasteiger partial charge in [0, 0.05) is 12.7 Å². The molecule has 110 valence electrons. The van der Waals surface area contributed by atoms with E-state index < -0.39 is 5.97 Å². The molecule has 0 unspecified atom stereocenters. The SMILES string of the molecule is CCn1nccc1-c1cc(C(=O)OC)n2ncc(C#N)c2n1. The Morgan fingerprint density at radius 3 is 2.95 bits per heavy atom. The van der Waals surface area contributed by atoms with Crippen LogP contribution >= 0.6 is 0 Å². The molecule has 0 aliphatic rings. The van der Waals surface area contributed by atoms with E-state index in [0.29, 0.717) is 17.9 Å². The van der Waals surface area contributed by atoms with Crippen molar-refractivity contribution in [2.45, 2.75) is 13.5 Å². The molecule has 3 rings (SSSR count). The van der Waals surface area contributed by atoms with Gasteiger partial charge in [0.1, 0.15) is 11.6 Å². The van der Waals surface area contributed by atoms with E-state index in [1.54, 1.807) is 23.0 Å². The molecule has 3 aromatic heterocycles. The Balaban J connectivity index is 2.32. The lowest BCUT2D eigenvalue weighted by atomic mass is 10.2. The zero-order valence-corrected chi connectivity index (χ0v) is 12.0. The minimum absolute atomic E-state index is 0.202. The second kappa shape index (κ2) is 5.29. The third-order valence-corrected chi connectivity index (χ3v) is 3.27. The van der Waals surface area contributed by atoms with Crippen molar-refractivity contribution in [1.82, 2.24) is 24.4 Å². The van der Waals surface area contributed by atoms with Crippen LogP contribution in [0.25, 0.3) is 17.0 Å². The molecule has 8 nitrogen and oxygen atoms in total. The minimum Gasteiger partial charge on any atom is -0.464 e. The van der Waals surface area contributed by atoms with Gasteiger partial charge in [0.2, 0.25) is 0 Å². The number of rotatable bonds is 3. The molecule has 0 spiro atoms. The molecule has 0 amide bonds. The molecule has 0 aromatic carbocycles. The summed E-state index contributed by atoms with van der Waals surface area (Å²) in [6, 6.07) is 5.39. The molecule has 8 heteroatoms. The largest absolute Gasteiger partial charge is 0.464 e. The number of nitrogens with zero attached hydrogens (tertiary/aromatic N) is 6. The second-order valence-corrected chi connectivity index (χ2v) is 4.46. The molecule has 0 fully saturated rings. The third-order valence-electron chi connectivity index (χ3n) is 3.27. The number of hydrogen-bond acceptors (Lipinski definition) is 6. The van der Waals surface area contributed by atoms with E-state index >= 15 is 0 Å². The highest BCUT2D eigenvalue weighted by molar-refractivity contribution is 5.89. The Kier molecular flexibility index (Phi) is 3.31. The lowest BCUT2D eigenvalue weighted by molar-refractivity contribution is 0.0590. The van der Waals surface area contributed by atoms with Crippen LogP contribution in [0.15, 0.2) is 24.5 Å². The fraction of sp³-hybridized carbons (Fsp3) is 0.214. The smallest absolute Gasteiger partial charge is 0.356 e. The van der Waals surface area contributed by atoms with Gasteiger partial charge in [-0.25, -0.2) is 14.3 Å². The van der Waals surface area contributed by atoms with Crippen LogP contribution in [0.3, 0.4) is 0 Å². The quantitative estimate of drug-likeness (QED) is 0.675. The fourth-order valence-corrected chi connectivity index (χ4v) is 2.23. The predicted molar refractivity (Wildman–Crippen MR) is 75.9 cm³/mol. The maximum absolute atomic E-state index is 12.0. The molecule has 3 heterocycles. The van der Waals surface area contributed by atoms with Crippen molar-refractivity contribution in [3.05, 3.63) is 35.8 Å². The van der Waals surface area contributed by atoms with Gasteiger partial charge in [-0.1, -0.05) is 0 Å². The van der Waals surface area contributed by atoms with Gasteiger partial charge in [-0.2, -0.15) is 15.5 Å². The average molecular weight is 296 g/mol. The van der Waals surface area contributed by atoms with Crippen molar-refractivity contribution in [3.8, 4) is 17.5 Å². The number of carbonyl (C=O) groups is 1. The average Bonchev–Trinajstić information content (AvgIpc) is 3.18. The second-order valence-electron chi connectivity index (χ2n) is 4.46. The number of hydrogen-bond donors (Lipinski definition) is 0. The first-order valence-electron chi connectivity index (χ1n) is 6.59. The molecule has 0 bridgehead atoms. The number of aryl methyl sites for hydroxylation is 1. The molecule has 0 radical (unpaired) electrons. The van der Waals surface area contributed by atoms with E-state index in [1.807, 2.05) is 13.0 Å². The topological polar surface area (TPSA) is 98.1 Å². The predicted octanol–water partition coefficient (Wildman–Crippen LogP) is 1.27. The fourth-order valence-electron chi connectivity index (χ4n) is 2.23. The van der Waals surface area contributed by atoms with E-state index in [2.05, 4.69) is 15.2 Å². The van der Waals surface area contributed by atoms with Crippen LogP contribution in [0.5, 0.6) is 0 Å². The van der Waals surface area contributed by atoms with Crippen molar-refractivity contribution in [3.63, 3.8) is 0 Å². The molecule has 3 aromatic rings. The van der Waals surface area contributed by atoms with Gasteiger partial charge >= 0.3 is 5.97 Å². The first-order chi connectivity index (χ1) is 10.7. The van der Waals surface area contributed by atoms with Crippen LogP contribution in [-0.4, -0.2) is 37.5 Å². The molecule has 0 saturated heterocycles. The molecule has 0 atom stereocenters.